The average Bonchev–Trinajstić information content (AvgIpc) is 3.60. The molecular formula is C38H36N2O6. The number of esters is 1. The lowest BCUT2D eigenvalue weighted by atomic mass is 10.0. The molecule has 0 radical (unpaired) electrons. The molecule has 0 amide bonds. The van der Waals surface area contributed by atoms with Crippen LogP contribution in [0.1, 0.15) is 60.9 Å². The van der Waals surface area contributed by atoms with E-state index in [4.69, 9.17) is 23.9 Å². The topological polar surface area (TPSA) is 88.9 Å². The zero-order chi connectivity index (χ0) is 32.5. The SMILES string of the molecule is COc1cc(C=C2CCc3c2nc2ccccc2c3C(=O)OCC(=O)c2cc(C)n(-c3ccc(C)cc3)c2C)cc(OC)c1OC. The molecule has 46 heavy (non-hydrogen) atoms. The number of para-hydroxylation sites is 1. The van der Waals surface area contributed by atoms with Crippen molar-refractivity contribution in [1.29, 1.82) is 0 Å². The Bertz CT molecular complexity index is 1990. The van der Waals surface area contributed by atoms with Crippen LogP contribution < -0.4 is 14.2 Å². The lowest BCUT2D eigenvalue weighted by Crippen LogP contribution is -2.17. The summed E-state index contributed by atoms with van der Waals surface area (Å²) in [4.78, 5) is 32.2. The van der Waals surface area contributed by atoms with Crippen molar-refractivity contribution in [2.75, 3.05) is 27.9 Å². The van der Waals surface area contributed by atoms with Crippen LogP contribution in [-0.4, -0.2) is 49.2 Å². The smallest absolute Gasteiger partial charge is 0.339 e. The average molecular weight is 617 g/mol. The van der Waals surface area contributed by atoms with E-state index in [2.05, 4.69) is 0 Å². The van der Waals surface area contributed by atoms with Crippen molar-refractivity contribution in [2.45, 2.75) is 33.6 Å². The Balaban J connectivity index is 1.31. The number of pyridine rings is 1. The number of Topliss-reactive ketones (excluding diaryl/α,β-unsaturated/α-hetero) is 1. The first kappa shape index (κ1) is 30.6. The lowest BCUT2D eigenvalue weighted by molar-refractivity contribution is 0.0475. The molecule has 0 saturated heterocycles. The first-order chi connectivity index (χ1) is 22.2. The number of benzene rings is 3. The van der Waals surface area contributed by atoms with Gasteiger partial charge in [0.15, 0.2) is 18.1 Å². The van der Waals surface area contributed by atoms with E-state index in [1.807, 2.05) is 98.1 Å². The molecule has 8 nitrogen and oxygen atoms in total. The molecule has 234 valence electrons. The van der Waals surface area contributed by atoms with Crippen molar-refractivity contribution < 1.29 is 28.5 Å². The van der Waals surface area contributed by atoms with Gasteiger partial charge in [0, 0.05) is 28.0 Å². The fourth-order valence-corrected chi connectivity index (χ4v) is 6.32. The summed E-state index contributed by atoms with van der Waals surface area (Å²) in [6, 6.07) is 21.3. The summed E-state index contributed by atoms with van der Waals surface area (Å²) in [6.07, 6.45) is 3.32. The first-order valence-electron chi connectivity index (χ1n) is 15.1. The highest BCUT2D eigenvalue weighted by Crippen LogP contribution is 2.42. The second-order valence-electron chi connectivity index (χ2n) is 11.4. The van der Waals surface area contributed by atoms with Gasteiger partial charge in [-0.05, 0) is 92.8 Å². The van der Waals surface area contributed by atoms with Crippen molar-refractivity contribution in [3.8, 4) is 22.9 Å². The van der Waals surface area contributed by atoms with Crippen molar-refractivity contribution >= 4 is 34.3 Å². The minimum absolute atomic E-state index is 0.252. The highest BCUT2D eigenvalue weighted by molar-refractivity contribution is 6.08. The number of hydrogen-bond donors (Lipinski definition) is 0. The number of carbonyl (C=O) groups is 2. The fraction of sp³-hybridized carbons (Fsp3) is 0.237. The number of ether oxygens (including phenoxy) is 4. The number of carbonyl (C=O) groups excluding carboxylic acids is 2. The van der Waals surface area contributed by atoms with Crippen LogP contribution >= 0.6 is 0 Å². The van der Waals surface area contributed by atoms with E-state index in [-0.39, 0.29) is 12.4 Å². The predicted octanol–water partition coefficient (Wildman–Crippen LogP) is 7.50. The molecule has 5 aromatic rings. The Labute approximate surface area is 268 Å². The van der Waals surface area contributed by atoms with Gasteiger partial charge in [-0.25, -0.2) is 9.78 Å². The van der Waals surface area contributed by atoms with E-state index < -0.39 is 5.97 Å². The molecule has 6 rings (SSSR count). The standard InChI is InChI=1S/C38H36N2O6/c1-22-11-14-27(15-12-22)40-23(2)17-30(24(40)3)32(41)21-46-38(42)35-28-9-7-8-10-31(28)39-36-26(13-16-29(35)36)18-25-19-33(43-4)37(45-6)34(20-25)44-5/h7-12,14-15,17-20H,13,16,21H2,1-6H3. The molecule has 0 unspecified atom stereocenters. The van der Waals surface area contributed by atoms with E-state index in [0.29, 0.717) is 52.1 Å². The Morgan fingerprint density at radius 1 is 0.870 bits per heavy atom. The molecule has 2 heterocycles. The molecular weight excluding hydrogens is 580 g/mol. The maximum Gasteiger partial charge on any atom is 0.339 e. The summed E-state index contributed by atoms with van der Waals surface area (Å²) in [5, 5.41) is 0.699. The number of hydrogen-bond acceptors (Lipinski definition) is 7. The van der Waals surface area contributed by atoms with Gasteiger partial charge in [-0.15, -0.1) is 0 Å². The van der Waals surface area contributed by atoms with Crippen LogP contribution in [0.15, 0.2) is 66.7 Å². The van der Waals surface area contributed by atoms with Crippen LogP contribution in [0.3, 0.4) is 0 Å². The van der Waals surface area contributed by atoms with Crippen molar-refractivity contribution in [3.63, 3.8) is 0 Å². The Kier molecular flexibility index (Phi) is 8.37. The Morgan fingerprint density at radius 2 is 1.57 bits per heavy atom. The number of ketones is 1. The minimum Gasteiger partial charge on any atom is -0.493 e. The normalized spacial score (nSPS) is 13.1. The van der Waals surface area contributed by atoms with Gasteiger partial charge < -0.3 is 23.5 Å². The van der Waals surface area contributed by atoms with Crippen molar-refractivity contribution in [3.05, 3.63) is 112 Å². The molecule has 0 saturated carbocycles. The molecule has 2 aromatic heterocycles. The third-order valence-electron chi connectivity index (χ3n) is 8.53. The molecule has 0 aliphatic heterocycles. The van der Waals surface area contributed by atoms with E-state index >= 15 is 0 Å². The molecule has 0 spiro atoms. The van der Waals surface area contributed by atoms with E-state index in [1.54, 1.807) is 21.3 Å². The monoisotopic (exact) mass is 616 g/mol. The number of rotatable bonds is 9. The molecule has 8 heteroatoms. The summed E-state index contributed by atoms with van der Waals surface area (Å²) < 4.78 is 24.4. The maximum absolute atomic E-state index is 13.8. The zero-order valence-electron chi connectivity index (χ0n) is 26.9. The van der Waals surface area contributed by atoms with Crippen molar-refractivity contribution in [1.82, 2.24) is 9.55 Å². The quantitative estimate of drug-likeness (QED) is 0.125. The molecule has 0 N–H and O–H groups in total. The third kappa shape index (κ3) is 5.51. The van der Waals surface area contributed by atoms with Gasteiger partial charge in [0.05, 0.1) is 38.1 Å². The number of methoxy groups -OCH3 is 3. The van der Waals surface area contributed by atoms with Crippen LogP contribution in [0.2, 0.25) is 0 Å². The van der Waals surface area contributed by atoms with Crippen LogP contribution in [0, 0.1) is 20.8 Å². The molecule has 0 atom stereocenters. The van der Waals surface area contributed by atoms with Gasteiger partial charge in [0.25, 0.3) is 0 Å². The van der Waals surface area contributed by atoms with E-state index in [1.165, 1.54) is 0 Å². The molecule has 1 aliphatic carbocycles. The highest BCUT2D eigenvalue weighted by Gasteiger charge is 2.29. The molecule has 0 fully saturated rings. The molecule has 1 aliphatic rings. The van der Waals surface area contributed by atoms with Crippen LogP contribution in [0.4, 0.5) is 0 Å². The largest absolute Gasteiger partial charge is 0.493 e. The second-order valence-corrected chi connectivity index (χ2v) is 11.4. The van der Waals surface area contributed by atoms with Gasteiger partial charge >= 0.3 is 5.97 Å². The first-order valence-corrected chi connectivity index (χ1v) is 15.1. The second kappa shape index (κ2) is 12.6. The predicted molar refractivity (Wildman–Crippen MR) is 179 cm³/mol. The Morgan fingerprint density at radius 3 is 2.24 bits per heavy atom. The van der Waals surface area contributed by atoms with E-state index in [0.717, 1.165) is 45.0 Å². The summed E-state index contributed by atoms with van der Waals surface area (Å²) in [5.41, 5.74) is 8.92. The summed E-state index contributed by atoms with van der Waals surface area (Å²) in [6.45, 7) is 5.55. The van der Waals surface area contributed by atoms with E-state index in [9.17, 15) is 9.59 Å². The summed E-state index contributed by atoms with van der Waals surface area (Å²) >= 11 is 0. The Hall–Kier alpha value is -5.37. The summed E-state index contributed by atoms with van der Waals surface area (Å²) in [5.74, 6) is 0.820. The highest BCUT2D eigenvalue weighted by atomic mass is 16.5. The molecule has 0 bridgehead atoms. The lowest BCUT2D eigenvalue weighted by Gasteiger charge is -2.14. The van der Waals surface area contributed by atoms with Crippen LogP contribution in [0.5, 0.6) is 17.2 Å². The van der Waals surface area contributed by atoms with Crippen LogP contribution in [-0.2, 0) is 11.2 Å². The van der Waals surface area contributed by atoms with Gasteiger partial charge in [-0.3, -0.25) is 4.79 Å². The van der Waals surface area contributed by atoms with Crippen LogP contribution in [0.25, 0.3) is 28.2 Å². The number of fused-ring (bicyclic) bond motifs is 2. The van der Waals surface area contributed by atoms with Gasteiger partial charge in [-0.1, -0.05) is 35.9 Å². The minimum atomic E-state index is -0.537. The van der Waals surface area contributed by atoms with Gasteiger partial charge in [-0.2, -0.15) is 0 Å². The third-order valence-corrected chi connectivity index (χ3v) is 8.53. The van der Waals surface area contributed by atoms with Gasteiger partial charge in [0.2, 0.25) is 11.5 Å². The van der Waals surface area contributed by atoms with Crippen molar-refractivity contribution in [2.24, 2.45) is 0 Å². The number of aromatic nitrogens is 2. The molecule has 3 aromatic carbocycles. The van der Waals surface area contributed by atoms with Gasteiger partial charge in [0.1, 0.15) is 0 Å². The fourth-order valence-electron chi connectivity index (χ4n) is 6.32. The number of aryl methyl sites for hydroxylation is 2. The number of nitrogens with zero attached hydrogens (tertiary/aromatic N) is 2. The number of allylic oxidation sites excluding steroid dienone is 1. The zero-order valence-corrected chi connectivity index (χ0v) is 26.9. The summed E-state index contributed by atoms with van der Waals surface area (Å²) in [7, 11) is 4.73. The maximum atomic E-state index is 13.8.